The molecule has 118 valence electrons. The van der Waals surface area contributed by atoms with E-state index in [9.17, 15) is 14.0 Å². The predicted molar refractivity (Wildman–Crippen MR) is 85.9 cm³/mol. The molecule has 1 aromatic heterocycles. The number of benzene rings is 2. The highest BCUT2D eigenvalue weighted by molar-refractivity contribution is 5.94. The van der Waals surface area contributed by atoms with Crippen LogP contribution < -0.4 is 11.0 Å². The molecule has 0 saturated carbocycles. The van der Waals surface area contributed by atoms with Crippen molar-refractivity contribution in [3.8, 4) is 0 Å². The number of halogens is 1. The minimum absolute atomic E-state index is 0.133. The monoisotopic (exact) mass is 313 g/mol. The third-order valence-electron chi connectivity index (χ3n) is 3.76. The van der Waals surface area contributed by atoms with E-state index in [1.54, 1.807) is 22.2 Å². The lowest BCUT2D eigenvalue weighted by atomic mass is 10.2. The van der Waals surface area contributed by atoms with Crippen molar-refractivity contribution in [2.75, 3.05) is 6.54 Å². The maximum Gasteiger partial charge on any atom is 0.328 e. The molecule has 0 atom stereocenters. The van der Waals surface area contributed by atoms with Crippen LogP contribution in [-0.2, 0) is 13.6 Å². The van der Waals surface area contributed by atoms with Gasteiger partial charge in [0.15, 0.2) is 0 Å². The van der Waals surface area contributed by atoms with Crippen LogP contribution >= 0.6 is 0 Å². The topological polar surface area (TPSA) is 56.0 Å². The molecule has 0 bridgehead atoms. The molecule has 3 rings (SSSR count). The number of imidazole rings is 1. The SMILES string of the molecule is Cn1c(=O)n(CCNC(=O)c2cccc(F)c2)c2ccccc21. The number of nitrogens with one attached hydrogen (secondary N) is 1. The molecule has 5 nitrogen and oxygen atoms in total. The molecule has 3 aromatic rings. The third kappa shape index (κ3) is 2.88. The molecular formula is C17H16FN3O2. The first-order valence-electron chi connectivity index (χ1n) is 7.26. The number of aryl methyl sites for hydroxylation is 1. The first-order chi connectivity index (χ1) is 11.1. The lowest BCUT2D eigenvalue weighted by molar-refractivity contribution is 0.0952. The van der Waals surface area contributed by atoms with Gasteiger partial charge in [-0.2, -0.15) is 0 Å². The molecule has 23 heavy (non-hydrogen) atoms. The summed E-state index contributed by atoms with van der Waals surface area (Å²) >= 11 is 0. The number of amides is 1. The summed E-state index contributed by atoms with van der Waals surface area (Å²) in [4.78, 5) is 24.2. The summed E-state index contributed by atoms with van der Waals surface area (Å²) < 4.78 is 16.3. The van der Waals surface area contributed by atoms with Crippen LogP contribution in [0, 0.1) is 5.82 Å². The Kier molecular flexibility index (Phi) is 3.97. The van der Waals surface area contributed by atoms with Gasteiger partial charge in [-0.25, -0.2) is 9.18 Å². The van der Waals surface area contributed by atoms with Crippen LogP contribution in [0.5, 0.6) is 0 Å². The third-order valence-corrected chi connectivity index (χ3v) is 3.76. The van der Waals surface area contributed by atoms with Crippen LogP contribution in [0.15, 0.2) is 53.3 Å². The van der Waals surface area contributed by atoms with Gasteiger partial charge >= 0.3 is 5.69 Å². The van der Waals surface area contributed by atoms with Crippen LogP contribution in [0.2, 0.25) is 0 Å². The van der Waals surface area contributed by atoms with Gasteiger partial charge < -0.3 is 5.32 Å². The fourth-order valence-corrected chi connectivity index (χ4v) is 2.59. The van der Waals surface area contributed by atoms with E-state index in [0.717, 1.165) is 11.0 Å². The summed E-state index contributed by atoms with van der Waals surface area (Å²) in [7, 11) is 1.71. The number of hydrogen-bond acceptors (Lipinski definition) is 2. The molecule has 0 fully saturated rings. The normalized spacial score (nSPS) is 10.9. The standard InChI is InChI=1S/C17H16FN3O2/c1-20-14-7-2-3-8-15(14)21(17(20)23)10-9-19-16(22)12-5-4-6-13(18)11-12/h2-8,11H,9-10H2,1H3,(H,19,22). The van der Waals surface area contributed by atoms with E-state index in [4.69, 9.17) is 0 Å². The first-order valence-corrected chi connectivity index (χ1v) is 7.26. The Morgan fingerprint density at radius 1 is 1.13 bits per heavy atom. The molecule has 1 amide bonds. The molecule has 0 unspecified atom stereocenters. The van der Waals surface area contributed by atoms with Crippen LogP contribution in [0.3, 0.4) is 0 Å². The molecule has 0 saturated heterocycles. The quantitative estimate of drug-likeness (QED) is 0.800. The van der Waals surface area contributed by atoms with Gasteiger partial charge in [-0.3, -0.25) is 13.9 Å². The van der Waals surface area contributed by atoms with Crippen molar-refractivity contribution in [3.05, 3.63) is 70.4 Å². The van der Waals surface area contributed by atoms with E-state index >= 15 is 0 Å². The molecule has 0 radical (unpaired) electrons. The zero-order valence-electron chi connectivity index (χ0n) is 12.6. The smallest absolute Gasteiger partial charge is 0.328 e. The number of hydrogen-bond donors (Lipinski definition) is 1. The Morgan fingerprint density at radius 3 is 2.61 bits per heavy atom. The van der Waals surface area contributed by atoms with E-state index in [1.807, 2.05) is 24.3 Å². The minimum Gasteiger partial charge on any atom is -0.350 e. The summed E-state index contributed by atoms with van der Waals surface area (Å²) in [5, 5.41) is 2.70. The van der Waals surface area contributed by atoms with Crippen LogP contribution in [0.4, 0.5) is 4.39 Å². The largest absolute Gasteiger partial charge is 0.350 e. The Balaban J connectivity index is 1.73. The van der Waals surface area contributed by atoms with Crippen molar-refractivity contribution in [3.63, 3.8) is 0 Å². The molecular weight excluding hydrogens is 297 g/mol. The lowest BCUT2D eigenvalue weighted by Gasteiger charge is -2.06. The van der Waals surface area contributed by atoms with E-state index in [2.05, 4.69) is 5.32 Å². The number of para-hydroxylation sites is 2. The Hall–Kier alpha value is -2.89. The van der Waals surface area contributed by atoms with Gasteiger partial charge in [-0.15, -0.1) is 0 Å². The molecule has 1 heterocycles. The average Bonchev–Trinajstić information content (AvgIpc) is 2.80. The molecule has 0 aliphatic rings. The van der Waals surface area contributed by atoms with Crippen molar-refractivity contribution < 1.29 is 9.18 Å². The van der Waals surface area contributed by atoms with Crippen molar-refractivity contribution in [1.29, 1.82) is 0 Å². The number of nitrogens with zero attached hydrogens (tertiary/aromatic N) is 2. The second-order valence-electron chi connectivity index (χ2n) is 5.25. The molecule has 6 heteroatoms. The highest BCUT2D eigenvalue weighted by Gasteiger charge is 2.10. The summed E-state index contributed by atoms with van der Waals surface area (Å²) in [5.74, 6) is -0.819. The van der Waals surface area contributed by atoms with Crippen molar-refractivity contribution >= 4 is 16.9 Å². The van der Waals surface area contributed by atoms with Gasteiger partial charge in [0, 0.05) is 25.7 Å². The first kappa shape index (κ1) is 15.0. The fraction of sp³-hybridized carbons (Fsp3) is 0.176. The van der Waals surface area contributed by atoms with Gasteiger partial charge in [-0.1, -0.05) is 18.2 Å². The van der Waals surface area contributed by atoms with Crippen molar-refractivity contribution in [2.24, 2.45) is 7.05 Å². The second kappa shape index (κ2) is 6.08. The van der Waals surface area contributed by atoms with Gasteiger partial charge in [0.25, 0.3) is 5.91 Å². The average molecular weight is 313 g/mol. The highest BCUT2D eigenvalue weighted by atomic mass is 19.1. The molecule has 0 aliphatic carbocycles. The maximum atomic E-state index is 13.1. The van der Waals surface area contributed by atoms with Gasteiger partial charge in [0.1, 0.15) is 5.82 Å². The number of carbonyl (C=O) groups excluding carboxylic acids is 1. The molecule has 2 aromatic carbocycles. The van der Waals surface area contributed by atoms with Crippen molar-refractivity contribution in [2.45, 2.75) is 6.54 Å². The highest BCUT2D eigenvalue weighted by Crippen LogP contribution is 2.11. The zero-order valence-corrected chi connectivity index (χ0v) is 12.6. The van der Waals surface area contributed by atoms with Crippen molar-refractivity contribution in [1.82, 2.24) is 14.5 Å². The summed E-state index contributed by atoms with van der Waals surface area (Å²) in [6.07, 6.45) is 0. The maximum absolute atomic E-state index is 13.1. The van der Waals surface area contributed by atoms with E-state index in [-0.39, 0.29) is 23.7 Å². The van der Waals surface area contributed by atoms with E-state index in [0.29, 0.717) is 6.54 Å². The predicted octanol–water partition coefficient (Wildman–Crippen LogP) is 1.91. The fourth-order valence-electron chi connectivity index (χ4n) is 2.59. The Bertz CT molecular complexity index is 927. The number of carbonyl (C=O) groups is 1. The molecule has 0 spiro atoms. The Morgan fingerprint density at radius 2 is 1.87 bits per heavy atom. The van der Waals surface area contributed by atoms with E-state index < -0.39 is 5.82 Å². The number of fused-ring (bicyclic) bond motifs is 1. The Labute approximate surface area is 132 Å². The zero-order chi connectivity index (χ0) is 16.4. The van der Waals surface area contributed by atoms with Crippen LogP contribution in [-0.4, -0.2) is 21.6 Å². The molecule has 1 N–H and O–H groups in total. The summed E-state index contributed by atoms with van der Waals surface area (Å²) in [6.45, 7) is 0.629. The number of rotatable bonds is 4. The summed E-state index contributed by atoms with van der Waals surface area (Å²) in [5.41, 5.74) is 1.79. The van der Waals surface area contributed by atoms with Gasteiger partial charge in [-0.05, 0) is 30.3 Å². The minimum atomic E-state index is -0.456. The van der Waals surface area contributed by atoms with E-state index in [1.165, 1.54) is 18.2 Å². The lowest BCUT2D eigenvalue weighted by Crippen LogP contribution is -2.31. The number of aromatic nitrogens is 2. The van der Waals surface area contributed by atoms with Gasteiger partial charge in [0.2, 0.25) is 0 Å². The van der Waals surface area contributed by atoms with Crippen LogP contribution in [0.1, 0.15) is 10.4 Å². The second-order valence-corrected chi connectivity index (χ2v) is 5.25. The summed E-state index contributed by atoms with van der Waals surface area (Å²) in [6, 6.07) is 13.0. The molecule has 0 aliphatic heterocycles. The van der Waals surface area contributed by atoms with Gasteiger partial charge in [0.05, 0.1) is 11.0 Å². The van der Waals surface area contributed by atoms with Crippen LogP contribution in [0.25, 0.3) is 11.0 Å².